The summed E-state index contributed by atoms with van der Waals surface area (Å²) in [7, 11) is 0. The first kappa shape index (κ1) is 19.3. The third-order valence-corrected chi connectivity index (χ3v) is 3.34. The lowest BCUT2D eigenvalue weighted by atomic mass is 10.1. The Balaban J connectivity index is 2.47. The normalized spacial score (nSPS) is 11.3. The van der Waals surface area contributed by atoms with E-state index in [1.54, 1.807) is 4.90 Å². The fourth-order valence-corrected chi connectivity index (χ4v) is 2.19. The number of phenolic OH excluding ortho intramolecular Hbond substituents is 1. The van der Waals surface area contributed by atoms with Gasteiger partial charge in [-0.3, -0.25) is 0 Å². The molecule has 0 saturated heterocycles. The predicted molar refractivity (Wildman–Crippen MR) is 92.6 cm³/mol. The Morgan fingerprint density at radius 2 is 2.00 bits per heavy atom. The van der Waals surface area contributed by atoms with Crippen LogP contribution >= 0.6 is 0 Å². The van der Waals surface area contributed by atoms with Gasteiger partial charge in [0, 0.05) is 31.7 Å². The number of rotatable bonds is 7. The summed E-state index contributed by atoms with van der Waals surface area (Å²) in [6.45, 7) is 12.0. The molecule has 130 valence electrons. The van der Waals surface area contributed by atoms with Crippen molar-refractivity contribution in [3.63, 3.8) is 0 Å². The Bertz CT molecular complexity index is 509. The van der Waals surface area contributed by atoms with Gasteiger partial charge >= 0.3 is 6.09 Å². The van der Waals surface area contributed by atoms with Gasteiger partial charge in [0.1, 0.15) is 11.4 Å². The molecule has 2 N–H and O–H groups in total. The lowest BCUT2D eigenvalue weighted by molar-refractivity contribution is 0.0252. The number of nitrogens with zero attached hydrogens (tertiary/aromatic N) is 1. The second-order valence-electron chi connectivity index (χ2n) is 6.73. The molecule has 0 aliphatic carbocycles. The molecule has 0 spiro atoms. The Hall–Kier alpha value is -1.75. The van der Waals surface area contributed by atoms with Crippen LogP contribution in [0.1, 0.15) is 45.2 Å². The highest BCUT2D eigenvalue weighted by Gasteiger charge is 2.21. The molecule has 0 bridgehead atoms. The number of phenols is 1. The summed E-state index contributed by atoms with van der Waals surface area (Å²) in [6.07, 6.45) is 0.609. The number of aromatic hydroxyl groups is 1. The van der Waals surface area contributed by atoms with E-state index in [-0.39, 0.29) is 6.09 Å². The third kappa shape index (κ3) is 6.91. The molecule has 0 aliphatic rings. The highest BCUT2D eigenvalue weighted by atomic mass is 16.6. The summed E-state index contributed by atoms with van der Waals surface area (Å²) in [6, 6.07) is 5.70. The van der Waals surface area contributed by atoms with E-state index < -0.39 is 5.60 Å². The van der Waals surface area contributed by atoms with Gasteiger partial charge in [-0.1, -0.05) is 25.1 Å². The quantitative estimate of drug-likeness (QED) is 0.755. The van der Waals surface area contributed by atoms with Crippen molar-refractivity contribution < 1.29 is 14.6 Å². The molecule has 5 heteroatoms. The van der Waals surface area contributed by atoms with E-state index in [1.807, 2.05) is 52.8 Å². The Morgan fingerprint density at radius 1 is 1.30 bits per heavy atom. The van der Waals surface area contributed by atoms with Crippen LogP contribution in [0.4, 0.5) is 4.79 Å². The predicted octanol–water partition coefficient (Wildman–Crippen LogP) is 3.44. The molecule has 1 aromatic carbocycles. The molecule has 0 radical (unpaired) electrons. The zero-order chi connectivity index (χ0) is 17.5. The summed E-state index contributed by atoms with van der Waals surface area (Å²) >= 11 is 0. The first-order valence-electron chi connectivity index (χ1n) is 8.20. The number of para-hydroxylation sites is 1. The number of benzene rings is 1. The highest BCUT2D eigenvalue weighted by molar-refractivity contribution is 5.68. The van der Waals surface area contributed by atoms with Gasteiger partial charge in [0.15, 0.2) is 0 Å². The maximum Gasteiger partial charge on any atom is 0.410 e. The summed E-state index contributed by atoms with van der Waals surface area (Å²) < 4.78 is 5.42. The van der Waals surface area contributed by atoms with E-state index in [0.717, 1.165) is 17.5 Å². The number of carbonyl (C=O) groups is 1. The van der Waals surface area contributed by atoms with E-state index in [0.29, 0.717) is 31.9 Å². The molecule has 0 fully saturated rings. The van der Waals surface area contributed by atoms with Crippen molar-refractivity contribution in [2.45, 2.75) is 53.2 Å². The highest BCUT2D eigenvalue weighted by Crippen LogP contribution is 2.20. The molecule has 5 nitrogen and oxygen atoms in total. The topological polar surface area (TPSA) is 61.8 Å². The first-order valence-corrected chi connectivity index (χ1v) is 8.20. The number of hydrogen-bond donors (Lipinski definition) is 2. The molecule has 0 aromatic heterocycles. The van der Waals surface area contributed by atoms with Crippen molar-refractivity contribution in [3.05, 3.63) is 29.3 Å². The Morgan fingerprint density at radius 3 is 2.61 bits per heavy atom. The van der Waals surface area contributed by atoms with Crippen LogP contribution in [0.25, 0.3) is 0 Å². The molecule has 1 rings (SSSR count). The first-order chi connectivity index (χ1) is 10.7. The summed E-state index contributed by atoms with van der Waals surface area (Å²) in [5, 5.41) is 13.2. The number of ether oxygens (including phenoxy) is 1. The smallest absolute Gasteiger partial charge is 0.410 e. The van der Waals surface area contributed by atoms with E-state index in [1.165, 1.54) is 0 Å². The molecule has 1 aromatic rings. The molecule has 0 aliphatic heterocycles. The van der Waals surface area contributed by atoms with Crippen molar-refractivity contribution in [1.29, 1.82) is 0 Å². The number of amides is 1. The van der Waals surface area contributed by atoms with Crippen LogP contribution in [0.3, 0.4) is 0 Å². The van der Waals surface area contributed by atoms with E-state index in [4.69, 9.17) is 4.74 Å². The van der Waals surface area contributed by atoms with Gasteiger partial charge in [-0.2, -0.15) is 0 Å². The van der Waals surface area contributed by atoms with Gasteiger partial charge in [0.05, 0.1) is 0 Å². The molecule has 23 heavy (non-hydrogen) atoms. The second-order valence-corrected chi connectivity index (χ2v) is 6.73. The van der Waals surface area contributed by atoms with Gasteiger partial charge in [-0.15, -0.1) is 0 Å². The maximum atomic E-state index is 12.1. The summed E-state index contributed by atoms with van der Waals surface area (Å²) in [4.78, 5) is 13.9. The molecular formula is C18H30N2O3. The summed E-state index contributed by atoms with van der Waals surface area (Å²) in [5.74, 6) is 0.331. The summed E-state index contributed by atoms with van der Waals surface area (Å²) in [5.41, 5.74) is 1.25. The van der Waals surface area contributed by atoms with Crippen LogP contribution in [0.15, 0.2) is 18.2 Å². The maximum absolute atomic E-state index is 12.1. The Labute approximate surface area is 139 Å². The van der Waals surface area contributed by atoms with Crippen molar-refractivity contribution in [2.24, 2.45) is 0 Å². The monoisotopic (exact) mass is 322 g/mol. The molecule has 0 atom stereocenters. The molecule has 0 unspecified atom stereocenters. The molecular weight excluding hydrogens is 292 g/mol. The van der Waals surface area contributed by atoms with Gasteiger partial charge in [-0.25, -0.2) is 4.79 Å². The third-order valence-electron chi connectivity index (χ3n) is 3.34. The van der Waals surface area contributed by atoms with Crippen molar-refractivity contribution in [2.75, 3.05) is 19.6 Å². The SMILES string of the molecule is CCCN(CCNCc1cccc(C)c1O)C(=O)OC(C)(C)C. The van der Waals surface area contributed by atoms with Gasteiger partial charge in [0.2, 0.25) is 0 Å². The Kier molecular flexibility index (Phi) is 7.36. The van der Waals surface area contributed by atoms with Crippen molar-refractivity contribution >= 4 is 6.09 Å². The van der Waals surface area contributed by atoms with Gasteiger partial charge in [-0.05, 0) is 39.7 Å². The molecule has 0 heterocycles. The van der Waals surface area contributed by atoms with Crippen LogP contribution in [0.2, 0.25) is 0 Å². The second kappa shape index (κ2) is 8.77. The minimum atomic E-state index is -0.482. The van der Waals surface area contributed by atoms with Crippen LogP contribution in [-0.4, -0.2) is 41.3 Å². The molecule has 1 amide bonds. The minimum Gasteiger partial charge on any atom is -0.507 e. The largest absolute Gasteiger partial charge is 0.507 e. The van der Waals surface area contributed by atoms with Gasteiger partial charge in [0.25, 0.3) is 0 Å². The lowest BCUT2D eigenvalue weighted by Crippen LogP contribution is -2.40. The number of hydrogen-bond acceptors (Lipinski definition) is 4. The lowest BCUT2D eigenvalue weighted by Gasteiger charge is -2.27. The average molecular weight is 322 g/mol. The van der Waals surface area contributed by atoms with E-state index in [9.17, 15) is 9.90 Å². The van der Waals surface area contributed by atoms with Crippen LogP contribution in [0.5, 0.6) is 5.75 Å². The van der Waals surface area contributed by atoms with Crippen LogP contribution in [0, 0.1) is 6.92 Å². The van der Waals surface area contributed by atoms with Gasteiger partial charge < -0.3 is 20.1 Å². The standard InChI is InChI=1S/C18H30N2O3/c1-6-11-20(17(22)23-18(3,4)5)12-10-19-13-15-9-7-8-14(2)16(15)21/h7-9,19,21H,6,10-13H2,1-5H3. The average Bonchev–Trinajstić information content (AvgIpc) is 2.44. The van der Waals surface area contributed by atoms with E-state index in [2.05, 4.69) is 5.32 Å². The van der Waals surface area contributed by atoms with Crippen molar-refractivity contribution in [1.82, 2.24) is 10.2 Å². The number of aryl methyl sites for hydroxylation is 1. The van der Waals surface area contributed by atoms with E-state index >= 15 is 0 Å². The fourth-order valence-electron chi connectivity index (χ4n) is 2.19. The number of carbonyl (C=O) groups excluding carboxylic acids is 1. The number of nitrogens with one attached hydrogen (secondary N) is 1. The zero-order valence-electron chi connectivity index (χ0n) is 15.0. The van der Waals surface area contributed by atoms with Crippen molar-refractivity contribution in [3.8, 4) is 5.75 Å². The minimum absolute atomic E-state index is 0.278. The van der Waals surface area contributed by atoms with Crippen LogP contribution < -0.4 is 5.32 Å². The van der Waals surface area contributed by atoms with Crippen LogP contribution in [-0.2, 0) is 11.3 Å². The zero-order valence-corrected chi connectivity index (χ0v) is 15.0. The fraction of sp³-hybridized carbons (Fsp3) is 0.611. The molecule has 0 saturated carbocycles.